The minimum atomic E-state index is -4.98. The molecule has 8 heteroatoms. The van der Waals surface area contributed by atoms with Crippen molar-refractivity contribution in [3.8, 4) is 11.4 Å². The predicted molar refractivity (Wildman–Crippen MR) is 63.9 cm³/mol. The number of aromatic nitrogens is 2. The topological polar surface area (TPSA) is 56.0 Å². The molecule has 0 saturated carbocycles. The molecule has 2 aromatic rings. The number of ketones is 1. The SMILES string of the molecule is Cc1ccc(-c2noc(C(C)C(=O)C(F)(F)F)n2)cc1F. The highest BCUT2D eigenvalue weighted by atomic mass is 19.4. The molecule has 1 atom stereocenters. The van der Waals surface area contributed by atoms with Crippen LogP contribution in [0, 0.1) is 12.7 Å². The summed E-state index contributed by atoms with van der Waals surface area (Å²) in [6.07, 6.45) is -4.98. The van der Waals surface area contributed by atoms with Gasteiger partial charge in [0.1, 0.15) is 11.7 Å². The van der Waals surface area contributed by atoms with E-state index in [1.165, 1.54) is 12.1 Å². The van der Waals surface area contributed by atoms with Crippen LogP contribution in [0.25, 0.3) is 11.4 Å². The fourth-order valence-corrected chi connectivity index (χ4v) is 1.62. The van der Waals surface area contributed by atoms with Gasteiger partial charge >= 0.3 is 6.18 Å². The van der Waals surface area contributed by atoms with Crippen molar-refractivity contribution in [3.63, 3.8) is 0 Å². The molecule has 0 radical (unpaired) electrons. The van der Waals surface area contributed by atoms with Crippen LogP contribution in [-0.2, 0) is 4.79 Å². The number of hydrogen-bond acceptors (Lipinski definition) is 4. The van der Waals surface area contributed by atoms with Gasteiger partial charge in [-0.15, -0.1) is 0 Å². The van der Waals surface area contributed by atoms with Crippen molar-refractivity contribution in [2.24, 2.45) is 0 Å². The first-order valence-electron chi connectivity index (χ1n) is 5.91. The van der Waals surface area contributed by atoms with E-state index >= 15 is 0 Å². The van der Waals surface area contributed by atoms with Crippen molar-refractivity contribution in [1.29, 1.82) is 0 Å². The van der Waals surface area contributed by atoms with Crippen LogP contribution in [-0.4, -0.2) is 22.1 Å². The van der Waals surface area contributed by atoms with E-state index in [-0.39, 0.29) is 11.4 Å². The van der Waals surface area contributed by atoms with E-state index in [4.69, 9.17) is 0 Å². The second-order valence-electron chi connectivity index (χ2n) is 4.50. The quantitative estimate of drug-likeness (QED) is 0.815. The van der Waals surface area contributed by atoms with Gasteiger partial charge in [0.05, 0.1) is 0 Å². The number of rotatable bonds is 3. The number of aryl methyl sites for hydroxylation is 1. The van der Waals surface area contributed by atoms with Crippen LogP contribution in [0.3, 0.4) is 0 Å². The fraction of sp³-hybridized carbons (Fsp3) is 0.308. The third-order valence-electron chi connectivity index (χ3n) is 2.91. The molecule has 0 amide bonds. The van der Waals surface area contributed by atoms with Gasteiger partial charge in [-0.1, -0.05) is 17.3 Å². The number of Topliss-reactive ketones (excluding diaryl/α,β-unsaturated/α-hetero) is 1. The maximum Gasteiger partial charge on any atom is 0.450 e. The molecule has 1 aromatic carbocycles. The van der Waals surface area contributed by atoms with Crippen molar-refractivity contribution >= 4 is 5.78 Å². The molecule has 2 rings (SSSR count). The summed E-state index contributed by atoms with van der Waals surface area (Å²) in [6.45, 7) is 2.58. The molecular formula is C13H10F4N2O2. The molecule has 0 spiro atoms. The third-order valence-corrected chi connectivity index (χ3v) is 2.91. The fourth-order valence-electron chi connectivity index (χ4n) is 1.62. The van der Waals surface area contributed by atoms with Crippen molar-refractivity contribution in [1.82, 2.24) is 10.1 Å². The zero-order valence-corrected chi connectivity index (χ0v) is 11.0. The van der Waals surface area contributed by atoms with Crippen molar-refractivity contribution in [3.05, 3.63) is 35.5 Å². The monoisotopic (exact) mass is 302 g/mol. The summed E-state index contributed by atoms with van der Waals surface area (Å²) in [5.41, 5.74) is 0.655. The molecule has 4 nitrogen and oxygen atoms in total. The molecule has 1 heterocycles. The van der Waals surface area contributed by atoms with Crippen LogP contribution in [0.2, 0.25) is 0 Å². The second kappa shape index (κ2) is 5.27. The van der Waals surface area contributed by atoms with Crippen molar-refractivity contribution in [2.45, 2.75) is 25.9 Å². The van der Waals surface area contributed by atoms with Gasteiger partial charge in [0.15, 0.2) is 0 Å². The lowest BCUT2D eigenvalue weighted by Gasteiger charge is -2.08. The minimum Gasteiger partial charge on any atom is -0.338 e. The number of alkyl halides is 3. The number of hydrogen-bond donors (Lipinski definition) is 0. The summed E-state index contributed by atoms with van der Waals surface area (Å²) in [5.74, 6) is -4.63. The van der Waals surface area contributed by atoms with Gasteiger partial charge in [0, 0.05) is 5.56 Å². The second-order valence-corrected chi connectivity index (χ2v) is 4.50. The van der Waals surface area contributed by atoms with Crippen LogP contribution in [0.5, 0.6) is 0 Å². The average molecular weight is 302 g/mol. The summed E-state index contributed by atoms with van der Waals surface area (Å²) < 4.78 is 55.1. The molecule has 0 aliphatic heterocycles. The van der Waals surface area contributed by atoms with Gasteiger partial charge in [-0.3, -0.25) is 4.79 Å². The zero-order chi connectivity index (χ0) is 15.8. The first-order valence-corrected chi connectivity index (χ1v) is 5.91. The lowest BCUT2D eigenvalue weighted by molar-refractivity contribution is -0.172. The Morgan fingerprint density at radius 2 is 2.00 bits per heavy atom. The zero-order valence-electron chi connectivity index (χ0n) is 11.0. The Balaban J connectivity index is 2.29. The molecule has 1 unspecified atom stereocenters. The Hall–Kier alpha value is -2.25. The van der Waals surface area contributed by atoms with Gasteiger partial charge in [-0.25, -0.2) is 4.39 Å². The molecule has 1 aromatic heterocycles. The van der Waals surface area contributed by atoms with Gasteiger partial charge in [-0.2, -0.15) is 18.2 Å². The maximum atomic E-state index is 13.4. The van der Waals surface area contributed by atoms with Crippen LogP contribution in [0.15, 0.2) is 22.7 Å². The molecule has 0 N–H and O–H groups in total. The first-order chi connectivity index (χ1) is 9.70. The highest BCUT2D eigenvalue weighted by molar-refractivity contribution is 5.89. The van der Waals surface area contributed by atoms with Crippen LogP contribution < -0.4 is 0 Å². The lowest BCUT2D eigenvalue weighted by Crippen LogP contribution is -2.27. The number of halogens is 4. The summed E-state index contributed by atoms with van der Waals surface area (Å²) in [7, 11) is 0. The lowest BCUT2D eigenvalue weighted by atomic mass is 10.1. The summed E-state index contributed by atoms with van der Waals surface area (Å²) >= 11 is 0. The van der Waals surface area contributed by atoms with Gasteiger partial charge in [0.25, 0.3) is 0 Å². The highest BCUT2D eigenvalue weighted by Gasteiger charge is 2.44. The number of benzene rings is 1. The summed E-state index contributed by atoms with van der Waals surface area (Å²) in [6, 6.07) is 4.12. The Morgan fingerprint density at radius 1 is 1.33 bits per heavy atom. The molecule has 0 bridgehead atoms. The normalized spacial score (nSPS) is 13.2. The molecular weight excluding hydrogens is 292 g/mol. The average Bonchev–Trinajstić information content (AvgIpc) is 2.88. The largest absolute Gasteiger partial charge is 0.450 e. The Bertz CT molecular complexity index is 679. The third kappa shape index (κ3) is 3.09. The van der Waals surface area contributed by atoms with Gasteiger partial charge in [-0.05, 0) is 25.5 Å². The van der Waals surface area contributed by atoms with E-state index in [2.05, 4.69) is 14.7 Å². The molecule has 0 aliphatic rings. The van der Waals surface area contributed by atoms with E-state index in [1.54, 1.807) is 6.92 Å². The smallest absolute Gasteiger partial charge is 0.338 e. The van der Waals surface area contributed by atoms with E-state index in [1.807, 2.05) is 0 Å². The molecule has 0 aliphatic carbocycles. The summed E-state index contributed by atoms with van der Waals surface area (Å²) in [4.78, 5) is 14.8. The Kier molecular flexibility index (Phi) is 3.80. The molecule has 0 saturated heterocycles. The Labute approximate surface area is 116 Å². The van der Waals surface area contributed by atoms with Crippen molar-refractivity contribution < 1.29 is 26.9 Å². The number of carbonyl (C=O) groups is 1. The molecule has 112 valence electrons. The number of nitrogens with zero attached hydrogens (tertiary/aromatic N) is 2. The summed E-state index contributed by atoms with van der Waals surface area (Å²) in [5, 5.41) is 3.47. The van der Waals surface area contributed by atoms with E-state index < -0.39 is 29.6 Å². The highest BCUT2D eigenvalue weighted by Crippen LogP contribution is 2.28. The Morgan fingerprint density at radius 3 is 2.57 bits per heavy atom. The van der Waals surface area contributed by atoms with Crippen LogP contribution >= 0.6 is 0 Å². The van der Waals surface area contributed by atoms with Crippen LogP contribution in [0.1, 0.15) is 24.3 Å². The minimum absolute atomic E-state index is 0.0780. The van der Waals surface area contributed by atoms with Crippen molar-refractivity contribution in [2.75, 3.05) is 0 Å². The van der Waals surface area contributed by atoms with Crippen LogP contribution in [0.4, 0.5) is 17.6 Å². The van der Waals surface area contributed by atoms with E-state index in [0.717, 1.165) is 13.0 Å². The van der Waals surface area contributed by atoms with Gasteiger partial charge < -0.3 is 4.52 Å². The molecule has 21 heavy (non-hydrogen) atoms. The van der Waals surface area contributed by atoms with E-state index in [9.17, 15) is 22.4 Å². The molecule has 0 fully saturated rings. The standard InChI is InChI=1S/C13H10F4N2O2/c1-6-3-4-8(5-9(6)14)11-18-12(21-19-11)7(2)10(20)13(15,16)17/h3-5,7H,1-2H3. The van der Waals surface area contributed by atoms with Gasteiger partial charge in [0.2, 0.25) is 17.5 Å². The first kappa shape index (κ1) is 15.1. The number of carbonyl (C=O) groups excluding carboxylic acids is 1. The maximum absolute atomic E-state index is 13.4. The predicted octanol–water partition coefficient (Wildman–Crippen LogP) is 3.42. The van der Waals surface area contributed by atoms with E-state index in [0.29, 0.717) is 5.56 Å².